The molecule has 0 aliphatic heterocycles. The second-order valence-corrected chi connectivity index (χ2v) is 5.85. The van der Waals surface area contributed by atoms with E-state index >= 15 is 0 Å². The summed E-state index contributed by atoms with van der Waals surface area (Å²) in [4.78, 5) is 21.5. The third kappa shape index (κ3) is 5.79. The molecular formula is C8H6O5S3. The van der Waals surface area contributed by atoms with Crippen molar-refractivity contribution in [1.82, 2.24) is 0 Å². The summed E-state index contributed by atoms with van der Waals surface area (Å²) in [5.74, 6) is 0. The van der Waals surface area contributed by atoms with E-state index in [1.807, 2.05) is 30.3 Å². The molecule has 1 rings (SSSR count). The van der Waals surface area contributed by atoms with Gasteiger partial charge in [-0.15, -0.1) is 0 Å². The molecule has 1 aromatic rings. The molecule has 0 saturated heterocycles. The lowest BCUT2D eigenvalue weighted by Crippen LogP contribution is -2.07. The van der Waals surface area contributed by atoms with E-state index in [4.69, 9.17) is 5.11 Å². The molecule has 0 unspecified atom stereocenters. The molecule has 0 radical (unpaired) electrons. The summed E-state index contributed by atoms with van der Waals surface area (Å²) in [5.41, 5.74) is 0. The number of carboxylic acid groups (broad SMARTS) is 1. The van der Waals surface area contributed by atoms with Crippen LogP contribution < -0.4 is 0 Å². The monoisotopic (exact) mass is 278 g/mol. The Morgan fingerprint density at radius 3 is 2.50 bits per heavy atom. The summed E-state index contributed by atoms with van der Waals surface area (Å²) in [6, 6.07) is 9.45. The van der Waals surface area contributed by atoms with Crippen LogP contribution in [0.25, 0.3) is 0 Å². The second kappa shape index (κ2) is 7.31. The average Bonchev–Trinajstić information content (AvgIpc) is 2.25. The van der Waals surface area contributed by atoms with Gasteiger partial charge < -0.3 is 14.0 Å². The van der Waals surface area contributed by atoms with Crippen molar-refractivity contribution in [2.75, 3.05) is 0 Å². The van der Waals surface area contributed by atoms with Crippen molar-refractivity contribution < 1.29 is 23.6 Å². The molecule has 0 saturated carbocycles. The van der Waals surface area contributed by atoms with Gasteiger partial charge in [0.25, 0.3) is 0 Å². The summed E-state index contributed by atoms with van der Waals surface area (Å²) in [6.45, 7) is 0. The Bertz CT molecular complexity index is 356. The molecule has 0 amide bonds. The predicted molar refractivity (Wildman–Crippen MR) is 63.1 cm³/mol. The molecule has 0 bridgehead atoms. The SMILES string of the molecule is O=C(O)OC(=O)OSSSc1ccccc1. The summed E-state index contributed by atoms with van der Waals surface area (Å²) >= 11 is 0.740. The Morgan fingerprint density at radius 2 is 1.88 bits per heavy atom. The van der Waals surface area contributed by atoms with Crippen LogP contribution in [0.3, 0.4) is 0 Å². The molecule has 0 spiro atoms. The zero-order valence-corrected chi connectivity index (χ0v) is 10.1. The van der Waals surface area contributed by atoms with Gasteiger partial charge in [-0.25, -0.2) is 9.59 Å². The standard InChI is InChI=1S/C8H6O5S3/c9-7(10)12-8(11)13-15-16-14-6-4-2-1-3-5-6/h1-5H,(H,9,10). The van der Waals surface area contributed by atoms with Gasteiger partial charge in [-0.3, -0.25) is 0 Å². The van der Waals surface area contributed by atoms with E-state index < -0.39 is 12.3 Å². The van der Waals surface area contributed by atoms with Crippen molar-refractivity contribution in [1.29, 1.82) is 0 Å². The quantitative estimate of drug-likeness (QED) is 0.293. The lowest BCUT2D eigenvalue weighted by molar-refractivity contribution is 0.0893. The Morgan fingerprint density at radius 1 is 1.19 bits per heavy atom. The first kappa shape index (κ1) is 13.1. The fraction of sp³-hybridized carbons (Fsp3) is 0. The largest absolute Gasteiger partial charge is 0.531 e. The van der Waals surface area contributed by atoms with Crippen molar-refractivity contribution in [3.63, 3.8) is 0 Å². The number of carbonyl (C=O) groups excluding carboxylic acids is 1. The van der Waals surface area contributed by atoms with Gasteiger partial charge in [0.15, 0.2) is 0 Å². The molecule has 16 heavy (non-hydrogen) atoms. The van der Waals surface area contributed by atoms with Crippen molar-refractivity contribution in [2.24, 2.45) is 0 Å². The molecule has 1 aromatic carbocycles. The predicted octanol–water partition coefficient (Wildman–Crippen LogP) is 3.82. The minimum absolute atomic E-state index is 0.740. The topological polar surface area (TPSA) is 72.8 Å². The first-order valence-electron chi connectivity index (χ1n) is 3.86. The van der Waals surface area contributed by atoms with E-state index in [1.54, 1.807) is 0 Å². The van der Waals surface area contributed by atoms with Crippen LogP contribution in [0, 0.1) is 0 Å². The zero-order chi connectivity index (χ0) is 11.8. The van der Waals surface area contributed by atoms with Gasteiger partial charge in [-0.05, 0) is 22.9 Å². The lowest BCUT2D eigenvalue weighted by atomic mass is 10.4. The van der Waals surface area contributed by atoms with Crippen LogP contribution in [0.1, 0.15) is 0 Å². The number of hydrogen-bond acceptors (Lipinski definition) is 7. The normalized spacial score (nSPS) is 9.50. The van der Waals surface area contributed by atoms with Crippen LogP contribution in [0.2, 0.25) is 0 Å². The second-order valence-electron chi connectivity index (χ2n) is 2.23. The smallest absolute Gasteiger partial charge is 0.449 e. The van der Waals surface area contributed by atoms with Crippen molar-refractivity contribution in [2.45, 2.75) is 4.90 Å². The molecule has 86 valence electrons. The molecule has 0 aliphatic rings. The molecule has 0 fully saturated rings. The number of hydrogen-bond donors (Lipinski definition) is 1. The van der Waals surface area contributed by atoms with Gasteiger partial charge in [-0.2, -0.15) is 0 Å². The van der Waals surface area contributed by atoms with E-state index in [-0.39, 0.29) is 0 Å². The number of rotatable bonds is 4. The summed E-state index contributed by atoms with van der Waals surface area (Å²) in [7, 11) is 2.56. The highest BCUT2D eigenvalue weighted by molar-refractivity contribution is 9.08. The highest BCUT2D eigenvalue weighted by Crippen LogP contribution is 2.40. The van der Waals surface area contributed by atoms with Gasteiger partial charge in [0, 0.05) is 14.7 Å². The maximum atomic E-state index is 10.6. The van der Waals surface area contributed by atoms with E-state index in [0.717, 1.165) is 16.0 Å². The fourth-order valence-electron chi connectivity index (χ4n) is 0.659. The van der Waals surface area contributed by atoms with E-state index in [1.165, 1.54) is 20.6 Å². The Kier molecular flexibility index (Phi) is 5.98. The van der Waals surface area contributed by atoms with Crippen LogP contribution in [-0.2, 0) is 8.92 Å². The third-order valence-corrected chi connectivity index (χ3v) is 4.23. The fourth-order valence-corrected chi connectivity index (χ4v) is 3.26. The van der Waals surface area contributed by atoms with Crippen molar-refractivity contribution in [3.8, 4) is 0 Å². The van der Waals surface area contributed by atoms with Crippen LogP contribution in [-0.4, -0.2) is 17.4 Å². The maximum absolute atomic E-state index is 10.6. The molecule has 0 aliphatic carbocycles. The van der Waals surface area contributed by atoms with Crippen molar-refractivity contribution >= 4 is 44.0 Å². The van der Waals surface area contributed by atoms with Crippen LogP contribution in [0.15, 0.2) is 35.2 Å². The minimum Gasteiger partial charge on any atom is -0.449 e. The summed E-state index contributed by atoms with van der Waals surface area (Å²) in [5, 5.41) is 8.07. The molecule has 0 atom stereocenters. The van der Waals surface area contributed by atoms with E-state index in [9.17, 15) is 9.59 Å². The van der Waals surface area contributed by atoms with Gasteiger partial charge in [-0.1, -0.05) is 18.2 Å². The maximum Gasteiger partial charge on any atom is 0.531 e. The number of ether oxygens (including phenoxy) is 1. The zero-order valence-electron chi connectivity index (χ0n) is 7.69. The summed E-state index contributed by atoms with van der Waals surface area (Å²) < 4.78 is 8.11. The number of benzene rings is 1. The van der Waals surface area contributed by atoms with Gasteiger partial charge >= 0.3 is 12.3 Å². The van der Waals surface area contributed by atoms with Gasteiger partial charge in [0.2, 0.25) is 0 Å². The Labute approximate surface area is 103 Å². The van der Waals surface area contributed by atoms with Crippen LogP contribution in [0.5, 0.6) is 0 Å². The molecular weight excluding hydrogens is 272 g/mol. The van der Waals surface area contributed by atoms with Gasteiger partial charge in [0.1, 0.15) is 11.1 Å². The molecule has 5 nitrogen and oxygen atoms in total. The van der Waals surface area contributed by atoms with E-state index in [2.05, 4.69) is 8.92 Å². The molecule has 8 heteroatoms. The van der Waals surface area contributed by atoms with Crippen LogP contribution >= 0.6 is 31.7 Å². The van der Waals surface area contributed by atoms with Crippen LogP contribution in [0.4, 0.5) is 9.59 Å². The van der Waals surface area contributed by atoms with Crippen molar-refractivity contribution in [3.05, 3.63) is 30.3 Å². The summed E-state index contributed by atoms with van der Waals surface area (Å²) in [6.07, 6.45) is -2.94. The highest BCUT2D eigenvalue weighted by Gasteiger charge is 2.10. The highest BCUT2D eigenvalue weighted by atomic mass is 33.5. The first-order valence-corrected chi connectivity index (χ1v) is 7.27. The Hall–Kier alpha value is -0.990. The first-order chi connectivity index (χ1) is 7.68. The average molecular weight is 278 g/mol. The molecule has 1 N–H and O–H groups in total. The third-order valence-electron chi connectivity index (χ3n) is 1.17. The van der Waals surface area contributed by atoms with E-state index in [0.29, 0.717) is 0 Å². The number of carbonyl (C=O) groups is 2. The Balaban J connectivity index is 2.13. The molecule has 0 aromatic heterocycles. The lowest BCUT2D eigenvalue weighted by Gasteiger charge is -1.99. The molecule has 0 heterocycles. The van der Waals surface area contributed by atoms with Gasteiger partial charge in [0.05, 0.1) is 0 Å². The minimum atomic E-state index is -1.69.